The van der Waals surface area contributed by atoms with E-state index in [0.29, 0.717) is 22.7 Å². The van der Waals surface area contributed by atoms with Gasteiger partial charge in [-0.15, -0.1) is 0 Å². The van der Waals surface area contributed by atoms with Crippen LogP contribution in [0, 0.1) is 5.92 Å². The predicted molar refractivity (Wildman–Crippen MR) is 136 cm³/mol. The number of benzene rings is 2. The van der Waals surface area contributed by atoms with E-state index < -0.39 is 0 Å². The molecule has 0 aliphatic heterocycles. The number of allylic oxidation sites excluding steroid dienone is 3. The molecule has 0 aromatic heterocycles. The maximum atomic E-state index is 12.6. The summed E-state index contributed by atoms with van der Waals surface area (Å²) in [4.78, 5) is 25.1. The molecule has 2 N–H and O–H groups in total. The summed E-state index contributed by atoms with van der Waals surface area (Å²) in [7, 11) is 0. The van der Waals surface area contributed by atoms with Crippen molar-refractivity contribution in [2.24, 2.45) is 11.0 Å². The number of hydrazone groups is 1. The molecule has 1 aliphatic carbocycles. The molecule has 2 amide bonds. The highest BCUT2D eigenvalue weighted by atomic mass is 16.2. The van der Waals surface area contributed by atoms with Gasteiger partial charge in [-0.25, -0.2) is 5.43 Å². The molecule has 33 heavy (non-hydrogen) atoms. The minimum atomic E-state index is -0.289. The van der Waals surface area contributed by atoms with Gasteiger partial charge in [-0.05, 0) is 85.6 Å². The fourth-order valence-electron chi connectivity index (χ4n) is 3.64. The van der Waals surface area contributed by atoms with Crippen LogP contribution in [-0.2, 0) is 5.41 Å². The number of amides is 2. The van der Waals surface area contributed by atoms with Crippen LogP contribution >= 0.6 is 0 Å². The maximum Gasteiger partial charge on any atom is 0.271 e. The first-order valence-corrected chi connectivity index (χ1v) is 11.3. The van der Waals surface area contributed by atoms with Gasteiger partial charge in [0.25, 0.3) is 11.8 Å². The molecular formula is C28H33N3O2. The van der Waals surface area contributed by atoms with Crippen molar-refractivity contribution in [3.05, 3.63) is 89.0 Å². The summed E-state index contributed by atoms with van der Waals surface area (Å²) >= 11 is 0. The van der Waals surface area contributed by atoms with Crippen molar-refractivity contribution >= 4 is 23.2 Å². The van der Waals surface area contributed by atoms with Crippen molar-refractivity contribution in [1.29, 1.82) is 0 Å². The van der Waals surface area contributed by atoms with E-state index in [4.69, 9.17) is 0 Å². The monoisotopic (exact) mass is 443 g/mol. The fourth-order valence-corrected chi connectivity index (χ4v) is 3.64. The lowest BCUT2D eigenvalue weighted by Gasteiger charge is -2.22. The third-order valence-electron chi connectivity index (χ3n) is 6.01. The smallest absolute Gasteiger partial charge is 0.271 e. The lowest BCUT2D eigenvalue weighted by Crippen LogP contribution is -2.23. The molecular weight excluding hydrogens is 410 g/mol. The van der Waals surface area contributed by atoms with E-state index in [-0.39, 0.29) is 17.2 Å². The number of rotatable bonds is 5. The Morgan fingerprint density at radius 1 is 0.970 bits per heavy atom. The molecule has 172 valence electrons. The highest BCUT2D eigenvalue weighted by Gasteiger charge is 2.19. The van der Waals surface area contributed by atoms with E-state index >= 15 is 0 Å². The van der Waals surface area contributed by atoms with Crippen molar-refractivity contribution in [1.82, 2.24) is 5.43 Å². The second-order valence-electron chi connectivity index (χ2n) is 9.73. The second-order valence-corrected chi connectivity index (χ2v) is 9.73. The number of carbonyl (C=O) groups excluding carboxylic acids is 2. The molecule has 0 spiro atoms. The number of nitrogens with zero attached hydrogens (tertiary/aromatic N) is 1. The Morgan fingerprint density at radius 3 is 2.12 bits per heavy atom. The average Bonchev–Trinajstić information content (AvgIpc) is 2.78. The quantitative estimate of drug-likeness (QED) is 0.423. The van der Waals surface area contributed by atoms with Crippen LogP contribution in [0.15, 0.2) is 77.4 Å². The van der Waals surface area contributed by atoms with Gasteiger partial charge in [0.05, 0.1) is 5.71 Å². The summed E-state index contributed by atoms with van der Waals surface area (Å²) in [5.41, 5.74) is 8.64. The Balaban J connectivity index is 1.61. The SMILES string of the molecule is C=C(C)[C@@H]1CC=C(C)C(=NNC(=O)c2ccc(NC(=O)c3ccc(C(C)(C)C)cc3)cc2)C1. The fraction of sp³-hybridized carbons (Fsp3) is 0.321. The standard InChI is InChI=1S/C28H33N3O2/c1-18(2)22-8-7-19(3)25(17-22)30-31-27(33)21-11-15-24(16-12-21)29-26(32)20-9-13-23(14-10-20)28(4,5)6/h7,9-16,22H,1,8,17H2,2-6H3,(H,29,32)(H,31,33)/t22-/m1/s1. The van der Waals surface area contributed by atoms with Crippen LogP contribution in [0.3, 0.4) is 0 Å². The zero-order chi connectivity index (χ0) is 24.2. The maximum absolute atomic E-state index is 12.6. The normalized spacial score (nSPS) is 17.3. The van der Waals surface area contributed by atoms with Crippen molar-refractivity contribution in [2.45, 2.75) is 52.9 Å². The number of anilines is 1. The van der Waals surface area contributed by atoms with Gasteiger partial charge < -0.3 is 5.32 Å². The lowest BCUT2D eigenvalue weighted by atomic mass is 9.85. The molecule has 0 saturated carbocycles. The number of hydrogen-bond acceptors (Lipinski definition) is 3. The summed E-state index contributed by atoms with van der Waals surface area (Å²) in [5.74, 6) is -0.119. The van der Waals surface area contributed by atoms with Gasteiger partial charge in [-0.2, -0.15) is 5.10 Å². The van der Waals surface area contributed by atoms with Gasteiger partial charge in [0.15, 0.2) is 0 Å². The zero-order valence-electron chi connectivity index (χ0n) is 20.2. The van der Waals surface area contributed by atoms with E-state index in [1.807, 2.05) is 38.1 Å². The first-order valence-electron chi connectivity index (χ1n) is 11.3. The summed E-state index contributed by atoms with van der Waals surface area (Å²) in [6.45, 7) is 14.5. The molecule has 2 aromatic rings. The molecule has 0 saturated heterocycles. The molecule has 2 aromatic carbocycles. The van der Waals surface area contributed by atoms with Gasteiger partial charge in [0.2, 0.25) is 0 Å². The predicted octanol–water partition coefficient (Wildman–Crippen LogP) is 6.25. The number of hydrogen-bond donors (Lipinski definition) is 2. The Kier molecular flexibility index (Phi) is 7.32. The largest absolute Gasteiger partial charge is 0.322 e. The minimum absolute atomic E-state index is 0.0362. The molecule has 0 bridgehead atoms. The highest BCUT2D eigenvalue weighted by molar-refractivity contribution is 6.05. The first-order chi connectivity index (χ1) is 15.5. The van der Waals surface area contributed by atoms with Gasteiger partial charge in [-0.1, -0.05) is 51.1 Å². The lowest BCUT2D eigenvalue weighted by molar-refractivity contribution is 0.0954. The van der Waals surface area contributed by atoms with Gasteiger partial charge >= 0.3 is 0 Å². The van der Waals surface area contributed by atoms with Crippen LogP contribution in [-0.4, -0.2) is 17.5 Å². The summed E-state index contributed by atoms with van der Waals surface area (Å²) in [6.07, 6.45) is 3.88. The first kappa shape index (κ1) is 24.2. The summed E-state index contributed by atoms with van der Waals surface area (Å²) in [6, 6.07) is 14.4. The van der Waals surface area contributed by atoms with Crippen molar-refractivity contribution in [3.8, 4) is 0 Å². The molecule has 0 radical (unpaired) electrons. The van der Waals surface area contributed by atoms with E-state index in [1.165, 1.54) is 5.56 Å². The van der Waals surface area contributed by atoms with E-state index in [2.05, 4.69) is 49.3 Å². The summed E-state index contributed by atoms with van der Waals surface area (Å²) < 4.78 is 0. The van der Waals surface area contributed by atoms with Crippen LogP contribution in [0.5, 0.6) is 0 Å². The number of carbonyl (C=O) groups is 2. The average molecular weight is 444 g/mol. The number of nitrogens with one attached hydrogen (secondary N) is 2. The van der Waals surface area contributed by atoms with Crippen LogP contribution in [0.25, 0.3) is 0 Å². The Hall–Kier alpha value is -3.47. The highest BCUT2D eigenvalue weighted by Crippen LogP contribution is 2.26. The van der Waals surface area contributed by atoms with Gasteiger partial charge in [-0.3, -0.25) is 9.59 Å². The topological polar surface area (TPSA) is 70.6 Å². The molecule has 1 atom stereocenters. The van der Waals surface area contributed by atoms with Crippen LogP contribution in [0.1, 0.15) is 73.7 Å². The molecule has 3 rings (SSSR count). The second kappa shape index (κ2) is 9.99. The van der Waals surface area contributed by atoms with Crippen molar-refractivity contribution < 1.29 is 9.59 Å². The molecule has 5 heteroatoms. The Bertz CT molecular complexity index is 1100. The molecule has 5 nitrogen and oxygen atoms in total. The van der Waals surface area contributed by atoms with Gasteiger partial charge in [0.1, 0.15) is 0 Å². The van der Waals surface area contributed by atoms with E-state index in [9.17, 15) is 9.59 Å². The van der Waals surface area contributed by atoms with Crippen LogP contribution in [0.4, 0.5) is 5.69 Å². The van der Waals surface area contributed by atoms with E-state index in [1.54, 1.807) is 24.3 Å². The van der Waals surface area contributed by atoms with E-state index in [0.717, 1.165) is 29.7 Å². The van der Waals surface area contributed by atoms with Crippen molar-refractivity contribution in [2.75, 3.05) is 5.32 Å². The van der Waals surface area contributed by atoms with Crippen LogP contribution in [0.2, 0.25) is 0 Å². The third kappa shape index (κ3) is 6.28. The van der Waals surface area contributed by atoms with Crippen LogP contribution < -0.4 is 10.7 Å². The molecule has 0 fully saturated rings. The Labute approximate surface area is 196 Å². The third-order valence-corrected chi connectivity index (χ3v) is 6.01. The minimum Gasteiger partial charge on any atom is -0.322 e. The molecule has 0 unspecified atom stereocenters. The molecule has 0 heterocycles. The van der Waals surface area contributed by atoms with Gasteiger partial charge in [0, 0.05) is 16.8 Å². The Morgan fingerprint density at radius 2 is 1.55 bits per heavy atom. The molecule has 1 aliphatic rings. The van der Waals surface area contributed by atoms with Crippen molar-refractivity contribution in [3.63, 3.8) is 0 Å². The summed E-state index contributed by atoms with van der Waals surface area (Å²) in [5, 5.41) is 7.22. The zero-order valence-corrected chi connectivity index (χ0v) is 20.2.